The molecule has 19 heavy (non-hydrogen) atoms. The molecular weight excluding hydrogens is 234 g/mol. The fraction of sp³-hybridized carbons (Fsp3) is 0.588. The van der Waals surface area contributed by atoms with Crippen LogP contribution in [0.1, 0.15) is 73.7 Å². The monoisotopic (exact) mass is 259 g/mol. The van der Waals surface area contributed by atoms with Gasteiger partial charge in [-0.05, 0) is 18.1 Å². The summed E-state index contributed by atoms with van der Waals surface area (Å²) in [5, 5.41) is 3.01. The maximum atomic E-state index is 11.8. The lowest BCUT2D eigenvalue weighted by Gasteiger charge is -2.25. The normalized spacial score (nSPS) is 17.9. The van der Waals surface area contributed by atoms with Gasteiger partial charge in [0.2, 0.25) is 0 Å². The SMILES string of the molecule is CCCCCCCCC1CNC(=O)c2ccccc21. The first-order valence-corrected chi connectivity index (χ1v) is 7.70. The molecule has 0 aromatic heterocycles. The van der Waals surface area contributed by atoms with Gasteiger partial charge in [-0.3, -0.25) is 4.79 Å². The molecule has 2 rings (SSSR count). The Hall–Kier alpha value is -1.31. The average Bonchev–Trinajstić information content (AvgIpc) is 2.45. The third kappa shape index (κ3) is 3.82. The van der Waals surface area contributed by atoms with Gasteiger partial charge >= 0.3 is 0 Å². The largest absolute Gasteiger partial charge is 0.351 e. The van der Waals surface area contributed by atoms with E-state index in [2.05, 4.69) is 18.3 Å². The molecule has 0 spiro atoms. The Balaban J connectivity index is 1.82. The first-order valence-electron chi connectivity index (χ1n) is 7.70. The Morgan fingerprint density at radius 1 is 1.11 bits per heavy atom. The number of rotatable bonds is 7. The van der Waals surface area contributed by atoms with Gasteiger partial charge in [0, 0.05) is 18.0 Å². The summed E-state index contributed by atoms with van der Waals surface area (Å²) in [6, 6.07) is 8.06. The minimum absolute atomic E-state index is 0.0924. The molecular formula is C17H25NO. The van der Waals surface area contributed by atoms with Crippen molar-refractivity contribution in [1.82, 2.24) is 5.32 Å². The zero-order chi connectivity index (χ0) is 13.5. The van der Waals surface area contributed by atoms with Crippen LogP contribution in [-0.4, -0.2) is 12.5 Å². The minimum atomic E-state index is 0.0924. The summed E-state index contributed by atoms with van der Waals surface area (Å²) < 4.78 is 0. The third-order valence-corrected chi connectivity index (χ3v) is 4.06. The maximum absolute atomic E-state index is 11.8. The van der Waals surface area contributed by atoms with Gasteiger partial charge in [0.25, 0.3) is 5.91 Å². The van der Waals surface area contributed by atoms with Crippen LogP contribution in [0.15, 0.2) is 24.3 Å². The summed E-state index contributed by atoms with van der Waals surface area (Å²) in [4.78, 5) is 11.8. The minimum Gasteiger partial charge on any atom is -0.351 e. The molecule has 104 valence electrons. The van der Waals surface area contributed by atoms with Gasteiger partial charge in [0.1, 0.15) is 0 Å². The van der Waals surface area contributed by atoms with Crippen LogP contribution in [0.5, 0.6) is 0 Å². The number of amides is 1. The first-order chi connectivity index (χ1) is 9.33. The highest BCUT2D eigenvalue weighted by atomic mass is 16.1. The lowest BCUT2D eigenvalue weighted by molar-refractivity contribution is 0.0939. The molecule has 2 nitrogen and oxygen atoms in total. The number of fused-ring (bicyclic) bond motifs is 1. The number of benzene rings is 1. The van der Waals surface area contributed by atoms with Gasteiger partial charge in [0.05, 0.1) is 0 Å². The Bertz CT molecular complexity index is 413. The lowest BCUT2D eigenvalue weighted by Crippen LogP contribution is -2.34. The standard InChI is InChI=1S/C17H25NO/c1-2-3-4-5-6-7-10-14-13-18-17(19)16-12-9-8-11-15(14)16/h8-9,11-12,14H,2-7,10,13H2,1H3,(H,18,19). The van der Waals surface area contributed by atoms with Crippen molar-refractivity contribution in [2.75, 3.05) is 6.54 Å². The summed E-state index contributed by atoms with van der Waals surface area (Å²) >= 11 is 0. The Labute approximate surface area is 116 Å². The molecule has 0 aliphatic carbocycles. The lowest BCUT2D eigenvalue weighted by atomic mass is 9.86. The van der Waals surface area contributed by atoms with Crippen molar-refractivity contribution >= 4 is 5.91 Å². The third-order valence-electron chi connectivity index (χ3n) is 4.06. The van der Waals surface area contributed by atoms with Gasteiger partial charge in [-0.15, -0.1) is 0 Å². The Morgan fingerprint density at radius 2 is 1.84 bits per heavy atom. The Morgan fingerprint density at radius 3 is 2.68 bits per heavy atom. The predicted molar refractivity (Wildman–Crippen MR) is 79.5 cm³/mol. The van der Waals surface area contributed by atoms with E-state index in [-0.39, 0.29) is 5.91 Å². The summed E-state index contributed by atoms with van der Waals surface area (Å²) in [5.74, 6) is 0.606. The molecule has 0 fully saturated rings. The number of hydrogen-bond acceptors (Lipinski definition) is 1. The maximum Gasteiger partial charge on any atom is 0.251 e. The van der Waals surface area contributed by atoms with E-state index in [4.69, 9.17) is 0 Å². The fourth-order valence-electron chi connectivity index (χ4n) is 2.91. The van der Waals surface area contributed by atoms with E-state index >= 15 is 0 Å². The second-order valence-electron chi connectivity index (χ2n) is 5.55. The summed E-state index contributed by atoms with van der Waals surface area (Å²) in [6.07, 6.45) is 9.20. The molecule has 1 N–H and O–H groups in total. The van der Waals surface area contributed by atoms with E-state index in [1.165, 1.54) is 50.5 Å². The van der Waals surface area contributed by atoms with Crippen LogP contribution >= 0.6 is 0 Å². The van der Waals surface area contributed by atoms with E-state index in [1.807, 2.05) is 18.2 Å². The number of hydrogen-bond donors (Lipinski definition) is 1. The highest BCUT2D eigenvalue weighted by Gasteiger charge is 2.23. The molecule has 1 unspecified atom stereocenters. The van der Waals surface area contributed by atoms with Crippen LogP contribution in [0, 0.1) is 0 Å². The average molecular weight is 259 g/mol. The molecule has 0 radical (unpaired) electrons. The Kier molecular flexibility index (Phi) is 5.44. The number of nitrogens with one attached hydrogen (secondary N) is 1. The number of unbranched alkanes of at least 4 members (excludes halogenated alkanes) is 5. The first kappa shape index (κ1) is 14.1. The fourth-order valence-corrected chi connectivity index (χ4v) is 2.91. The van der Waals surface area contributed by atoms with Gasteiger partial charge in [-0.1, -0.05) is 63.6 Å². The zero-order valence-electron chi connectivity index (χ0n) is 12.0. The molecule has 0 bridgehead atoms. The van der Waals surface area contributed by atoms with Crippen molar-refractivity contribution in [2.24, 2.45) is 0 Å². The number of carbonyl (C=O) groups excluding carboxylic acids is 1. The highest BCUT2D eigenvalue weighted by Crippen LogP contribution is 2.28. The second kappa shape index (κ2) is 7.32. The topological polar surface area (TPSA) is 29.1 Å². The van der Waals surface area contributed by atoms with Crippen LogP contribution in [0.4, 0.5) is 0 Å². The molecule has 1 aromatic rings. The summed E-state index contributed by atoms with van der Waals surface area (Å²) in [5.41, 5.74) is 2.13. The van der Waals surface area contributed by atoms with Crippen molar-refractivity contribution in [2.45, 2.75) is 57.8 Å². The molecule has 1 aliphatic heterocycles. The molecule has 0 saturated carbocycles. The molecule has 2 heteroatoms. The highest BCUT2D eigenvalue weighted by molar-refractivity contribution is 5.97. The molecule has 1 atom stereocenters. The quantitative estimate of drug-likeness (QED) is 0.728. The van der Waals surface area contributed by atoms with Crippen molar-refractivity contribution < 1.29 is 4.79 Å². The van der Waals surface area contributed by atoms with Gasteiger partial charge in [-0.2, -0.15) is 0 Å². The van der Waals surface area contributed by atoms with Crippen LogP contribution in [0.3, 0.4) is 0 Å². The summed E-state index contributed by atoms with van der Waals surface area (Å²) in [7, 11) is 0. The van der Waals surface area contributed by atoms with Crippen LogP contribution < -0.4 is 5.32 Å². The molecule has 1 aromatic carbocycles. The molecule has 0 saturated heterocycles. The van der Waals surface area contributed by atoms with Crippen LogP contribution in [-0.2, 0) is 0 Å². The van der Waals surface area contributed by atoms with Crippen molar-refractivity contribution in [3.05, 3.63) is 35.4 Å². The smallest absolute Gasteiger partial charge is 0.251 e. The van der Waals surface area contributed by atoms with E-state index in [1.54, 1.807) is 0 Å². The van der Waals surface area contributed by atoms with Gasteiger partial charge in [-0.25, -0.2) is 0 Å². The van der Waals surface area contributed by atoms with E-state index < -0.39 is 0 Å². The predicted octanol–water partition coefficient (Wildman–Crippen LogP) is 4.26. The van der Waals surface area contributed by atoms with Crippen LogP contribution in [0.25, 0.3) is 0 Å². The summed E-state index contributed by atoms with van der Waals surface area (Å²) in [6.45, 7) is 3.06. The van der Waals surface area contributed by atoms with Gasteiger partial charge < -0.3 is 5.32 Å². The number of carbonyl (C=O) groups is 1. The van der Waals surface area contributed by atoms with Gasteiger partial charge in [0.15, 0.2) is 0 Å². The van der Waals surface area contributed by atoms with Crippen molar-refractivity contribution in [3.8, 4) is 0 Å². The van der Waals surface area contributed by atoms with Crippen molar-refractivity contribution in [1.29, 1.82) is 0 Å². The van der Waals surface area contributed by atoms with E-state index in [0.717, 1.165) is 12.1 Å². The molecule has 1 amide bonds. The molecule has 1 heterocycles. The molecule has 1 aliphatic rings. The zero-order valence-corrected chi connectivity index (χ0v) is 12.0. The van der Waals surface area contributed by atoms with Crippen LogP contribution in [0.2, 0.25) is 0 Å². The van der Waals surface area contributed by atoms with E-state index in [9.17, 15) is 4.79 Å². The second-order valence-corrected chi connectivity index (χ2v) is 5.55. The van der Waals surface area contributed by atoms with Crippen molar-refractivity contribution in [3.63, 3.8) is 0 Å². The van der Waals surface area contributed by atoms with E-state index in [0.29, 0.717) is 5.92 Å².